The van der Waals surface area contributed by atoms with Gasteiger partial charge in [-0.05, 0) is 12.8 Å². The monoisotopic (exact) mass is 266 g/mol. The smallest absolute Gasteiger partial charge is 0.0932 e. The molecule has 0 fully saturated rings. The topological polar surface area (TPSA) is 18.5 Å². The molecule has 0 aromatic heterocycles. The molecule has 0 spiro atoms. The van der Waals surface area contributed by atoms with Gasteiger partial charge in [0.2, 0.25) is 0 Å². The van der Waals surface area contributed by atoms with E-state index in [0.717, 1.165) is 44.6 Å². The van der Waals surface area contributed by atoms with E-state index in [1.165, 1.54) is 0 Å². The summed E-state index contributed by atoms with van der Waals surface area (Å²) in [5.74, 6) is 0.719. The lowest BCUT2D eigenvalue weighted by Crippen LogP contribution is -2.31. The van der Waals surface area contributed by atoms with Crippen molar-refractivity contribution in [1.82, 2.24) is 0 Å². The number of thiol groups is 2. The van der Waals surface area contributed by atoms with Crippen molar-refractivity contribution in [2.45, 2.75) is 50.9 Å². The zero-order valence-electron chi connectivity index (χ0n) is 10.5. The molecule has 0 aliphatic carbocycles. The first-order valence-corrected chi connectivity index (χ1v) is 7.39. The van der Waals surface area contributed by atoms with Crippen LogP contribution in [0.4, 0.5) is 0 Å². The first kappa shape index (κ1) is 16.6. The van der Waals surface area contributed by atoms with Crippen molar-refractivity contribution in [1.29, 1.82) is 0 Å². The maximum absolute atomic E-state index is 5.77. The van der Waals surface area contributed by atoms with Gasteiger partial charge in [-0.15, -0.1) is 0 Å². The van der Waals surface area contributed by atoms with Crippen LogP contribution in [0.15, 0.2) is 0 Å². The summed E-state index contributed by atoms with van der Waals surface area (Å²) in [5.41, 5.74) is 0. The second-order valence-electron chi connectivity index (χ2n) is 3.94. The minimum absolute atomic E-state index is 0.0734. The highest BCUT2D eigenvalue weighted by atomic mass is 32.1. The van der Waals surface area contributed by atoms with Gasteiger partial charge in [0.1, 0.15) is 0 Å². The van der Waals surface area contributed by atoms with Gasteiger partial charge in [0.05, 0.1) is 12.7 Å². The Bertz CT molecular complexity index is 145. The van der Waals surface area contributed by atoms with E-state index in [2.05, 4.69) is 39.1 Å². The minimum Gasteiger partial charge on any atom is -0.379 e. The fourth-order valence-electron chi connectivity index (χ4n) is 1.21. The van der Waals surface area contributed by atoms with Gasteiger partial charge >= 0.3 is 0 Å². The van der Waals surface area contributed by atoms with Crippen LogP contribution in [0, 0.1) is 0 Å². The number of rotatable bonds is 11. The van der Waals surface area contributed by atoms with Gasteiger partial charge in [-0.25, -0.2) is 0 Å². The van der Waals surface area contributed by atoms with Crippen LogP contribution < -0.4 is 0 Å². The van der Waals surface area contributed by atoms with E-state index in [0.29, 0.717) is 6.61 Å². The SMILES string of the molecule is CCCCOCC(OCCCC)C(S)CS. The van der Waals surface area contributed by atoms with Crippen LogP contribution in [0.5, 0.6) is 0 Å². The molecule has 0 amide bonds. The molecule has 0 aliphatic heterocycles. The summed E-state index contributed by atoms with van der Waals surface area (Å²) < 4.78 is 11.3. The van der Waals surface area contributed by atoms with Gasteiger partial charge < -0.3 is 9.47 Å². The molecule has 0 aromatic carbocycles. The third-order valence-corrected chi connectivity index (χ3v) is 3.57. The highest BCUT2D eigenvalue weighted by Crippen LogP contribution is 2.10. The second kappa shape index (κ2) is 12.1. The van der Waals surface area contributed by atoms with Gasteiger partial charge in [0, 0.05) is 24.2 Å². The molecular formula is C12H26O2S2. The number of unbranched alkanes of at least 4 members (excludes halogenated alkanes) is 2. The molecule has 4 heteroatoms. The Morgan fingerprint density at radius 3 is 2.25 bits per heavy atom. The molecule has 0 radical (unpaired) electrons. The van der Waals surface area contributed by atoms with Crippen molar-refractivity contribution in [3.63, 3.8) is 0 Å². The maximum Gasteiger partial charge on any atom is 0.0932 e. The summed E-state index contributed by atoms with van der Waals surface area (Å²) in [6.45, 7) is 6.57. The number of ether oxygens (including phenoxy) is 2. The van der Waals surface area contributed by atoms with Crippen LogP contribution in [0.2, 0.25) is 0 Å². The standard InChI is InChI=1S/C12H26O2S2/c1-3-5-7-13-9-11(12(16)10-15)14-8-6-4-2/h11-12,15-16H,3-10H2,1-2H3. The Kier molecular flexibility index (Phi) is 12.6. The molecule has 98 valence electrons. The summed E-state index contributed by atoms with van der Waals surface area (Å²) in [4.78, 5) is 0. The largest absolute Gasteiger partial charge is 0.379 e. The third-order valence-electron chi connectivity index (χ3n) is 2.37. The van der Waals surface area contributed by atoms with Crippen molar-refractivity contribution >= 4 is 25.3 Å². The zero-order chi connectivity index (χ0) is 12.2. The Morgan fingerprint density at radius 1 is 1.06 bits per heavy atom. The molecule has 0 saturated carbocycles. The van der Waals surface area contributed by atoms with Crippen LogP contribution in [0.3, 0.4) is 0 Å². The van der Waals surface area contributed by atoms with E-state index < -0.39 is 0 Å². The molecular weight excluding hydrogens is 240 g/mol. The molecule has 2 unspecified atom stereocenters. The molecule has 0 heterocycles. The summed E-state index contributed by atoms with van der Waals surface area (Å²) in [5, 5.41) is 0.154. The van der Waals surface area contributed by atoms with Crippen molar-refractivity contribution in [2.75, 3.05) is 25.6 Å². The van der Waals surface area contributed by atoms with Crippen LogP contribution in [0.1, 0.15) is 39.5 Å². The van der Waals surface area contributed by atoms with Crippen molar-refractivity contribution in [3.8, 4) is 0 Å². The highest BCUT2D eigenvalue weighted by molar-refractivity contribution is 7.84. The van der Waals surface area contributed by atoms with Crippen LogP contribution >= 0.6 is 25.3 Å². The maximum atomic E-state index is 5.77. The first-order chi connectivity index (χ1) is 7.76. The Labute approximate surface area is 111 Å². The molecule has 2 nitrogen and oxygen atoms in total. The summed E-state index contributed by atoms with van der Waals surface area (Å²) in [6.07, 6.45) is 4.60. The summed E-state index contributed by atoms with van der Waals surface area (Å²) in [6, 6.07) is 0. The second-order valence-corrected chi connectivity index (χ2v) is 4.97. The van der Waals surface area contributed by atoms with Crippen molar-refractivity contribution < 1.29 is 9.47 Å². The van der Waals surface area contributed by atoms with Crippen molar-refractivity contribution in [3.05, 3.63) is 0 Å². The van der Waals surface area contributed by atoms with Crippen molar-refractivity contribution in [2.24, 2.45) is 0 Å². The fourth-order valence-corrected chi connectivity index (χ4v) is 1.62. The van der Waals surface area contributed by atoms with Gasteiger partial charge in [-0.2, -0.15) is 25.3 Å². The number of hydrogen-bond acceptors (Lipinski definition) is 4. The zero-order valence-corrected chi connectivity index (χ0v) is 12.3. The molecule has 0 aliphatic rings. The predicted molar refractivity (Wildman–Crippen MR) is 77.0 cm³/mol. The molecule has 0 bridgehead atoms. The average Bonchev–Trinajstić information content (AvgIpc) is 2.31. The Balaban J connectivity index is 3.72. The molecule has 0 rings (SSSR count). The molecule has 0 saturated heterocycles. The first-order valence-electron chi connectivity index (χ1n) is 6.24. The minimum atomic E-state index is 0.0734. The lowest BCUT2D eigenvalue weighted by molar-refractivity contribution is -0.0157. The van der Waals surface area contributed by atoms with E-state index in [4.69, 9.17) is 9.47 Å². The fraction of sp³-hybridized carbons (Fsp3) is 1.00. The molecule has 0 aromatic rings. The van der Waals surface area contributed by atoms with Gasteiger partial charge in [0.15, 0.2) is 0 Å². The van der Waals surface area contributed by atoms with Crippen LogP contribution in [-0.2, 0) is 9.47 Å². The summed E-state index contributed by atoms with van der Waals surface area (Å²) >= 11 is 8.72. The van der Waals surface area contributed by atoms with E-state index in [-0.39, 0.29) is 11.4 Å². The summed E-state index contributed by atoms with van der Waals surface area (Å²) in [7, 11) is 0. The average molecular weight is 266 g/mol. The Morgan fingerprint density at radius 2 is 1.69 bits per heavy atom. The van der Waals surface area contributed by atoms with Gasteiger partial charge in [-0.1, -0.05) is 26.7 Å². The molecule has 2 atom stereocenters. The highest BCUT2D eigenvalue weighted by Gasteiger charge is 2.17. The Hall–Kier alpha value is 0.620. The van der Waals surface area contributed by atoms with Gasteiger partial charge in [-0.3, -0.25) is 0 Å². The predicted octanol–water partition coefficient (Wildman–Crippen LogP) is 3.22. The third kappa shape index (κ3) is 8.74. The van der Waals surface area contributed by atoms with E-state index in [9.17, 15) is 0 Å². The lowest BCUT2D eigenvalue weighted by Gasteiger charge is -2.22. The lowest BCUT2D eigenvalue weighted by atomic mass is 10.2. The van der Waals surface area contributed by atoms with Crippen LogP contribution in [0.25, 0.3) is 0 Å². The van der Waals surface area contributed by atoms with E-state index in [1.807, 2.05) is 0 Å². The van der Waals surface area contributed by atoms with E-state index >= 15 is 0 Å². The molecule has 16 heavy (non-hydrogen) atoms. The van der Waals surface area contributed by atoms with Crippen LogP contribution in [-0.4, -0.2) is 36.9 Å². The number of hydrogen-bond donors (Lipinski definition) is 2. The quantitative estimate of drug-likeness (QED) is 0.442. The molecule has 0 N–H and O–H groups in total. The van der Waals surface area contributed by atoms with Gasteiger partial charge in [0.25, 0.3) is 0 Å². The van der Waals surface area contributed by atoms with E-state index in [1.54, 1.807) is 0 Å². The normalized spacial score (nSPS) is 15.0.